The van der Waals surface area contributed by atoms with E-state index < -0.39 is 5.97 Å². The largest absolute Gasteiger partial charge is 0.476 e. The van der Waals surface area contributed by atoms with E-state index in [2.05, 4.69) is 10.3 Å². The number of anilines is 1. The first kappa shape index (κ1) is 8.28. The highest BCUT2D eigenvalue weighted by Crippen LogP contribution is 2.23. The Balaban J connectivity index is 2.31. The van der Waals surface area contributed by atoms with E-state index >= 15 is 0 Å². The fourth-order valence-electron chi connectivity index (χ4n) is 1.95. The molecule has 15 heavy (non-hydrogen) atoms. The molecule has 0 saturated carbocycles. The molecule has 2 aromatic rings. The molecule has 3 rings (SSSR count). The highest BCUT2D eigenvalue weighted by molar-refractivity contribution is 5.86. The van der Waals surface area contributed by atoms with Crippen LogP contribution >= 0.6 is 0 Å². The number of fused-ring (bicyclic) bond motifs is 3. The summed E-state index contributed by atoms with van der Waals surface area (Å²) < 4.78 is 1.85. The molecule has 1 aliphatic rings. The predicted octanol–water partition coefficient (Wildman–Crippen LogP) is 1.00. The van der Waals surface area contributed by atoms with Crippen molar-refractivity contribution in [3.8, 4) is 0 Å². The molecule has 76 valence electrons. The van der Waals surface area contributed by atoms with E-state index in [9.17, 15) is 4.79 Å². The minimum Gasteiger partial charge on any atom is -0.476 e. The average Bonchev–Trinajstić information content (AvgIpc) is 2.82. The maximum atomic E-state index is 10.8. The van der Waals surface area contributed by atoms with Crippen LogP contribution in [0.25, 0.3) is 5.65 Å². The summed E-state index contributed by atoms with van der Waals surface area (Å²) in [5.74, 6) is -0.988. The SMILES string of the molecule is O=C(O)c1cn2c3c(ccc2n1)NCC3. The molecule has 2 aromatic heterocycles. The van der Waals surface area contributed by atoms with Crippen molar-refractivity contribution < 1.29 is 9.90 Å². The smallest absolute Gasteiger partial charge is 0.356 e. The van der Waals surface area contributed by atoms with Crippen LogP contribution in [0.3, 0.4) is 0 Å². The standard InChI is InChI=1S/C10H9N3O2/c14-10(15)7-5-13-8-3-4-11-6(8)1-2-9(13)12-7/h1-2,5,11H,3-4H2,(H,14,15). The van der Waals surface area contributed by atoms with Crippen LogP contribution in [0, 0.1) is 0 Å². The molecular weight excluding hydrogens is 194 g/mol. The van der Waals surface area contributed by atoms with Crippen LogP contribution in [0.2, 0.25) is 0 Å². The fraction of sp³-hybridized carbons (Fsp3) is 0.200. The predicted molar refractivity (Wildman–Crippen MR) is 54.3 cm³/mol. The first-order valence-corrected chi connectivity index (χ1v) is 4.74. The maximum Gasteiger partial charge on any atom is 0.356 e. The van der Waals surface area contributed by atoms with E-state index in [4.69, 9.17) is 5.11 Å². The normalized spacial score (nSPS) is 13.9. The summed E-state index contributed by atoms with van der Waals surface area (Å²) in [6.45, 7) is 0.898. The van der Waals surface area contributed by atoms with Crippen LogP contribution in [0.1, 0.15) is 16.2 Å². The van der Waals surface area contributed by atoms with Crippen molar-refractivity contribution in [3.05, 3.63) is 29.7 Å². The zero-order chi connectivity index (χ0) is 10.4. The molecule has 0 unspecified atom stereocenters. The first-order chi connectivity index (χ1) is 7.25. The summed E-state index contributed by atoms with van der Waals surface area (Å²) in [6.07, 6.45) is 2.48. The van der Waals surface area contributed by atoms with Crippen LogP contribution in [0.15, 0.2) is 18.3 Å². The first-order valence-electron chi connectivity index (χ1n) is 4.74. The molecule has 0 aliphatic carbocycles. The topological polar surface area (TPSA) is 66.6 Å². The Morgan fingerprint density at radius 2 is 2.40 bits per heavy atom. The number of carbonyl (C=O) groups is 1. The zero-order valence-electron chi connectivity index (χ0n) is 7.90. The van der Waals surface area contributed by atoms with E-state index in [0.717, 1.165) is 24.3 Å². The molecular formula is C10H9N3O2. The lowest BCUT2D eigenvalue weighted by atomic mass is 10.3. The van der Waals surface area contributed by atoms with E-state index in [1.165, 1.54) is 0 Å². The van der Waals surface area contributed by atoms with Crippen molar-refractivity contribution >= 4 is 17.3 Å². The Hall–Kier alpha value is -2.04. The number of nitrogens with one attached hydrogen (secondary N) is 1. The summed E-state index contributed by atoms with van der Waals surface area (Å²) >= 11 is 0. The molecule has 0 aromatic carbocycles. The van der Waals surface area contributed by atoms with E-state index in [1.54, 1.807) is 6.20 Å². The van der Waals surface area contributed by atoms with Gasteiger partial charge in [-0.15, -0.1) is 0 Å². The number of hydrogen-bond donors (Lipinski definition) is 2. The van der Waals surface area contributed by atoms with Crippen molar-refractivity contribution in [1.29, 1.82) is 0 Å². The molecule has 5 heteroatoms. The molecule has 0 saturated heterocycles. The Labute approximate surface area is 85.4 Å². The second-order valence-electron chi connectivity index (χ2n) is 3.53. The highest BCUT2D eigenvalue weighted by atomic mass is 16.4. The van der Waals surface area contributed by atoms with E-state index in [-0.39, 0.29) is 5.69 Å². The molecule has 0 radical (unpaired) electrons. The molecule has 5 nitrogen and oxygen atoms in total. The van der Waals surface area contributed by atoms with Gasteiger partial charge in [-0.25, -0.2) is 9.78 Å². The van der Waals surface area contributed by atoms with Crippen LogP contribution in [0.4, 0.5) is 5.69 Å². The summed E-state index contributed by atoms with van der Waals surface area (Å²) in [5, 5.41) is 12.1. The maximum absolute atomic E-state index is 10.8. The third kappa shape index (κ3) is 1.09. The zero-order valence-corrected chi connectivity index (χ0v) is 7.90. The number of imidazole rings is 1. The quantitative estimate of drug-likeness (QED) is 0.725. The van der Waals surface area contributed by atoms with E-state index in [0.29, 0.717) is 5.65 Å². The number of nitrogens with zero attached hydrogens (tertiary/aromatic N) is 2. The van der Waals surface area contributed by atoms with Gasteiger partial charge in [-0.3, -0.25) is 0 Å². The average molecular weight is 203 g/mol. The number of aromatic nitrogens is 2. The number of aromatic carboxylic acids is 1. The molecule has 0 amide bonds. The van der Waals surface area contributed by atoms with Gasteiger partial charge in [0.1, 0.15) is 5.65 Å². The number of carboxylic acids is 1. The number of carboxylic acid groups (broad SMARTS) is 1. The van der Waals surface area contributed by atoms with Gasteiger partial charge in [0.15, 0.2) is 5.69 Å². The Kier molecular flexibility index (Phi) is 1.50. The van der Waals surface area contributed by atoms with Crippen molar-refractivity contribution in [2.75, 3.05) is 11.9 Å². The monoisotopic (exact) mass is 203 g/mol. The van der Waals surface area contributed by atoms with Gasteiger partial charge in [-0.2, -0.15) is 0 Å². The summed E-state index contributed by atoms with van der Waals surface area (Å²) in [6, 6.07) is 3.76. The lowest BCUT2D eigenvalue weighted by Gasteiger charge is -2.01. The summed E-state index contributed by atoms with van der Waals surface area (Å²) in [7, 11) is 0. The van der Waals surface area contributed by atoms with Crippen LogP contribution < -0.4 is 5.32 Å². The second-order valence-corrected chi connectivity index (χ2v) is 3.53. The van der Waals surface area contributed by atoms with Crippen LogP contribution in [-0.4, -0.2) is 27.0 Å². The third-order valence-electron chi connectivity index (χ3n) is 2.63. The minimum atomic E-state index is -0.988. The van der Waals surface area contributed by atoms with Gasteiger partial charge >= 0.3 is 5.97 Å². The summed E-state index contributed by atoms with van der Waals surface area (Å²) in [4.78, 5) is 14.8. The Morgan fingerprint density at radius 1 is 1.53 bits per heavy atom. The van der Waals surface area contributed by atoms with Crippen molar-refractivity contribution in [1.82, 2.24) is 9.38 Å². The molecule has 1 aliphatic heterocycles. The van der Waals surface area contributed by atoms with Crippen molar-refractivity contribution in [3.63, 3.8) is 0 Å². The molecule has 2 N–H and O–H groups in total. The number of rotatable bonds is 1. The van der Waals surface area contributed by atoms with Gasteiger partial charge in [0.25, 0.3) is 0 Å². The molecule has 3 heterocycles. The van der Waals surface area contributed by atoms with Crippen LogP contribution in [0.5, 0.6) is 0 Å². The molecule has 0 fully saturated rings. The van der Waals surface area contributed by atoms with Crippen LogP contribution in [-0.2, 0) is 6.42 Å². The van der Waals surface area contributed by atoms with Gasteiger partial charge < -0.3 is 14.8 Å². The minimum absolute atomic E-state index is 0.0929. The molecule has 0 bridgehead atoms. The lowest BCUT2D eigenvalue weighted by molar-refractivity contribution is 0.0691. The molecule has 0 spiro atoms. The highest BCUT2D eigenvalue weighted by Gasteiger charge is 2.16. The van der Waals surface area contributed by atoms with Crippen molar-refractivity contribution in [2.45, 2.75) is 6.42 Å². The Morgan fingerprint density at radius 3 is 3.20 bits per heavy atom. The van der Waals surface area contributed by atoms with Gasteiger partial charge in [0.05, 0.1) is 5.69 Å². The third-order valence-corrected chi connectivity index (χ3v) is 2.63. The Bertz CT molecular complexity index is 559. The number of pyridine rings is 1. The van der Waals surface area contributed by atoms with Gasteiger partial charge in [0.2, 0.25) is 0 Å². The van der Waals surface area contributed by atoms with Gasteiger partial charge in [-0.05, 0) is 12.1 Å². The second kappa shape index (κ2) is 2.73. The lowest BCUT2D eigenvalue weighted by Crippen LogP contribution is -1.95. The molecule has 0 atom stereocenters. The van der Waals surface area contributed by atoms with Crippen molar-refractivity contribution in [2.24, 2.45) is 0 Å². The van der Waals surface area contributed by atoms with E-state index in [1.807, 2.05) is 16.5 Å². The summed E-state index contributed by atoms with van der Waals surface area (Å²) in [5.41, 5.74) is 2.95. The number of hydrogen-bond acceptors (Lipinski definition) is 3. The fourth-order valence-corrected chi connectivity index (χ4v) is 1.95. The van der Waals surface area contributed by atoms with Gasteiger partial charge in [-0.1, -0.05) is 0 Å². The van der Waals surface area contributed by atoms with Gasteiger partial charge in [0, 0.05) is 24.9 Å².